The molecule has 112 valence electrons. The van der Waals surface area contributed by atoms with E-state index in [0.717, 1.165) is 25.2 Å². The highest BCUT2D eigenvalue weighted by Gasteiger charge is 2.10. The summed E-state index contributed by atoms with van der Waals surface area (Å²) in [5.74, 6) is -0.533. The molecule has 0 aliphatic heterocycles. The number of ether oxygens (including phenoxy) is 1. The van der Waals surface area contributed by atoms with Crippen molar-refractivity contribution in [1.82, 2.24) is 10.3 Å². The van der Waals surface area contributed by atoms with Crippen LogP contribution in [0.1, 0.15) is 18.9 Å². The average molecular weight is 313 g/mol. The molecule has 1 N–H and O–H groups in total. The summed E-state index contributed by atoms with van der Waals surface area (Å²) in [4.78, 5) is 3.91. The number of hydrogen-bond donors (Lipinski definition) is 1. The van der Waals surface area contributed by atoms with Crippen molar-refractivity contribution in [3.05, 3.63) is 52.7 Å². The molecular formula is C15H15ClF2N2O. The number of nitrogens with one attached hydrogen (secondary N) is 1. The quantitative estimate of drug-likeness (QED) is 0.807. The first-order chi connectivity index (χ1) is 10.1. The van der Waals surface area contributed by atoms with Gasteiger partial charge in [-0.15, -0.1) is 0 Å². The van der Waals surface area contributed by atoms with Gasteiger partial charge in [-0.2, -0.15) is 0 Å². The summed E-state index contributed by atoms with van der Waals surface area (Å²) in [6.45, 7) is 3.25. The van der Waals surface area contributed by atoms with Crippen LogP contribution >= 0.6 is 11.6 Å². The standard InChI is InChI=1S/C15H15ClF2N2O/c1-2-5-19-8-10-6-11(17)9-20-15(10)21-12-3-4-13(16)14(18)7-12/h3-4,6-7,9,19H,2,5,8H2,1H3. The molecule has 0 bridgehead atoms. The second-order valence-electron chi connectivity index (χ2n) is 4.47. The van der Waals surface area contributed by atoms with Gasteiger partial charge in [-0.05, 0) is 31.2 Å². The topological polar surface area (TPSA) is 34.2 Å². The number of nitrogens with zero attached hydrogens (tertiary/aromatic N) is 1. The number of benzene rings is 1. The summed E-state index contributed by atoms with van der Waals surface area (Å²) in [5, 5.41) is 3.16. The van der Waals surface area contributed by atoms with E-state index in [4.69, 9.17) is 16.3 Å². The SMILES string of the molecule is CCCNCc1cc(F)cnc1Oc1ccc(Cl)c(F)c1. The van der Waals surface area contributed by atoms with Crippen molar-refractivity contribution in [1.29, 1.82) is 0 Å². The van der Waals surface area contributed by atoms with E-state index in [2.05, 4.69) is 10.3 Å². The summed E-state index contributed by atoms with van der Waals surface area (Å²) >= 11 is 5.61. The second-order valence-corrected chi connectivity index (χ2v) is 4.88. The summed E-state index contributed by atoms with van der Waals surface area (Å²) in [6, 6.07) is 5.43. The van der Waals surface area contributed by atoms with E-state index >= 15 is 0 Å². The third-order valence-corrected chi connectivity index (χ3v) is 3.05. The van der Waals surface area contributed by atoms with E-state index < -0.39 is 11.6 Å². The molecule has 6 heteroatoms. The number of aromatic nitrogens is 1. The Kier molecular flexibility index (Phi) is 5.47. The van der Waals surface area contributed by atoms with Crippen molar-refractivity contribution in [2.75, 3.05) is 6.54 Å². The van der Waals surface area contributed by atoms with Crippen LogP contribution in [0, 0.1) is 11.6 Å². The fourth-order valence-corrected chi connectivity index (χ4v) is 1.86. The minimum atomic E-state index is -0.582. The van der Waals surface area contributed by atoms with E-state index in [1.165, 1.54) is 18.2 Å². The molecule has 1 aromatic heterocycles. The third-order valence-electron chi connectivity index (χ3n) is 2.74. The lowest BCUT2D eigenvalue weighted by molar-refractivity contribution is 0.444. The fourth-order valence-electron chi connectivity index (χ4n) is 1.74. The Labute approximate surface area is 126 Å². The molecule has 0 saturated heterocycles. The highest BCUT2D eigenvalue weighted by Crippen LogP contribution is 2.26. The third kappa shape index (κ3) is 4.37. The molecule has 0 unspecified atom stereocenters. The molecule has 0 amide bonds. The Morgan fingerprint density at radius 2 is 2.10 bits per heavy atom. The normalized spacial score (nSPS) is 10.7. The van der Waals surface area contributed by atoms with E-state index in [1.807, 2.05) is 6.92 Å². The van der Waals surface area contributed by atoms with Crippen LogP contribution < -0.4 is 10.1 Å². The van der Waals surface area contributed by atoms with Gasteiger partial charge in [0, 0.05) is 18.2 Å². The van der Waals surface area contributed by atoms with E-state index in [9.17, 15) is 8.78 Å². The molecule has 0 atom stereocenters. The highest BCUT2D eigenvalue weighted by molar-refractivity contribution is 6.30. The van der Waals surface area contributed by atoms with E-state index in [-0.39, 0.29) is 16.7 Å². The molecule has 2 aromatic rings. The van der Waals surface area contributed by atoms with Gasteiger partial charge < -0.3 is 10.1 Å². The predicted octanol–water partition coefficient (Wildman–Crippen LogP) is 4.31. The Balaban J connectivity index is 2.19. The minimum Gasteiger partial charge on any atom is -0.439 e. The van der Waals surface area contributed by atoms with Gasteiger partial charge in [-0.3, -0.25) is 0 Å². The van der Waals surface area contributed by atoms with Gasteiger partial charge in [0.25, 0.3) is 0 Å². The molecule has 1 heterocycles. The van der Waals surface area contributed by atoms with Gasteiger partial charge >= 0.3 is 0 Å². The van der Waals surface area contributed by atoms with Gasteiger partial charge in [0.15, 0.2) is 0 Å². The van der Waals surface area contributed by atoms with Crippen molar-refractivity contribution >= 4 is 11.6 Å². The molecule has 0 aliphatic rings. The van der Waals surface area contributed by atoms with Crippen LogP contribution in [0.2, 0.25) is 5.02 Å². The van der Waals surface area contributed by atoms with Crippen LogP contribution in [-0.4, -0.2) is 11.5 Å². The summed E-state index contributed by atoms with van der Waals surface area (Å²) in [6.07, 6.45) is 2.02. The number of halogens is 3. The van der Waals surface area contributed by atoms with Gasteiger partial charge in [-0.25, -0.2) is 13.8 Å². The average Bonchev–Trinajstić information content (AvgIpc) is 2.46. The number of hydrogen-bond acceptors (Lipinski definition) is 3. The summed E-state index contributed by atoms with van der Waals surface area (Å²) in [7, 11) is 0. The monoisotopic (exact) mass is 312 g/mol. The minimum absolute atomic E-state index is 0.0132. The number of pyridine rings is 1. The fraction of sp³-hybridized carbons (Fsp3) is 0.267. The maximum atomic E-state index is 13.4. The van der Waals surface area contributed by atoms with Crippen molar-refractivity contribution < 1.29 is 13.5 Å². The lowest BCUT2D eigenvalue weighted by atomic mass is 10.2. The molecule has 0 saturated carbocycles. The van der Waals surface area contributed by atoms with Crippen molar-refractivity contribution in [2.24, 2.45) is 0 Å². The zero-order valence-electron chi connectivity index (χ0n) is 11.5. The molecule has 0 radical (unpaired) electrons. The maximum absolute atomic E-state index is 13.4. The van der Waals surface area contributed by atoms with Crippen molar-refractivity contribution in [2.45, 2.75) is 19.9 Å². The first kappa shape index (κ1) is 15.7. The Morgan fingerprint density at radius 3 is 2.81 bits per heavy atom. The van der Waals surface area contributed by atoms with Crippen LogP contribution in [0.5, 0.6) is 11.6 Å². The van der Waals surface area contributed by atoms with Crippen molar-refractivity contribution in [3.8, 4) is 11.6 Å². The molecule has 0 aliphatic carbocycles. The van der Waals surface area contributed by atoms with Gasteiger partial charge in [-0.1, -0.05) is 18.5 Å². The Bertz CT molecular complexity index is 623. The first-order valence-electron chi connectivity index (χ1n) is 6.58. The molecule has 2 rings (SSSR count). The second kappa shape index (κ2) is 7.33. The Morgan fingerprint density at radius 1 is 1.29 bits per heavy atom. The molecular weight excluding hydrogens is 298 g/mol. The zero-order chi connectivity index (χ0) is 15.2. The summed E-state index contributed by atoms with van der Waals surface area (Å²) < 4.78 is 32.2. The summed E-state index contributed by atoms with van der Waals surface area (Å²) in [5.41, 5.74) is 0.568. The zero-order valence-corrected chi connectivity index (χ0v) is 12.3. The predicted molar refractivity (Wildman–Crippen MR) is 77.7 cm³/mol. The van der Waals surface area contributed by atoms with E-state index in [1.54, 1.807) is 0 Å². The van der Waals surface area contributed by atoms with Crippen molar-refractivity contribution in [3.63, 3.8) is 0 Å². The van der Waals surface area contributed by atoms with Gasteiger partial charge in [0.05, 0.1) is 11.2 Å². The lowest BCUT2D eigenvalue weighted by Crippen LogP contribution is -2.15. The molecule has 3 nitrogen and oxygen atoms in total. The molecule has 0 spiro atoms. The first-order valence-corrected chi connectivity index (χ1v) is 6.96. The maximum Gasteiger partial charge on any atom is 0.223 e. The molecule has 1 aromatic carbocycles. The van der Waals surface area contributed by atoms with Crippen LogP contribution in [0.25, 0.3) is 0 Å². The van der Waals surface area contributed by atoms with Crippen LogP contribution in [-0.2, 0) is 6.54 Å². The highest BCUT2D eigenvalue weighted by atomic mass is 35.5. The molecule has 0 fully saturated rings. The van der Waals surface area contributed by atoms with Gasteiger partial charge in [0.1, 0.15) is 17.4 Å². The van der Waals surface area contributed by atoms with Gasteiger partial charge in [0.2, 0.25) is 5.88 Å². The Hall–Kier alpha value is -1.72. The lowest BCUT2D eigenvalue weighted by Gasteiger charge is -2.11. The molecule has 21 heavy (non-hydrogen) atoms. The number of rotatable bonds is 6. The van der Waals surface area contributed by atoms with Crippen LogP contribution in [0.3, 0.4) is 0 Å². The van der Waals surface area contributed by atoms with Crippen LogP contribution in [0.4, 0.5) is 8.78 Å². The van der Waals surface area contributed by atoms with Crippen LogP contribution in [0.15, 0.2) is 30.5 Å². The largest absolute Gasteiger partial charge is 0.439 e. The smallest absolute Gasteiger partial charge is 0.223 e. The van der Waals surface area contributed by atoms with E-state index in [0.29, 0.717) is 12.1 Å².